The van der Waals surface area contributed by atoms with E-state index in [0.717, 1.165) is 32.1 Å². The molecule has 0 aliphatic heterocycles. The number of esters is 1. The highest BCUT2D eigenvalue weighted by molar-refractivity contribution is 5.69. The summed E-state index contributed by atoms with van der Waals surface area (Å²) in [6, 6.07) is 0. The van der Waals surface area contributed by atoms with E-state index in [9.17, 15) is 9.59 Å². The molecule has 1 N–H and O–H groups in total. The van der Waals surface area contributed by atoms with Crippen molar-refractivity contribution in [2.75, 3.05) is 6.61 Å². The second-order valence-electron chi connectivity index (χ2n) is 11.4. The van der Waals surface area contributed by atoms with Crippen LogP contribution in [0.4, 0.5) is 0 Å². The minimum atomic E-state index is -0.659. The monoisotopic (exact) mass is 524 g/mol. The Kier molecular flexibility index (Phi) is 28.7. The number of carboxylic acid groups (broad SMARTS) is 1. The van der Waals surface area contributed by atoms with E-state index >= 15 is 0 Å². The molecule has 0 aromatic carbocycles. The second-order valence-corrected chi connectivity index (χ2v) is 11.4. The average Bonchev–Trinajstić information content (AvgIpc) is 2.89. The highest BCUT2D eigenvalue weighted by Gasteiger charge is 2.09. The SMILES string of the molecule is CCCCC(CC)COC(=O)CCCCCCCCCCCCCCCCCCCCCCCC(=O)O. The van der Waals surface area contributed by atoms with Gasteiger partial charge in [0, 0.05) is 12.8 Å². The van der Waals surface area contributed by atoms with E-state index in [1.54, 1.807) is 0 Å². The van der Waals surface area contributed by atoms with E-state index in [1.165, 1.54) is 128 Å². The molecule has 0 spiro atoms. The summed E-state index contributed by atoms with van der Waals surface area (Å²) in [5, 5.41) is 8.62. The molecule has 1 unspecified atom stereocenters. The number of hydrogen-bond acceptors (Lipinski definition) is 3. The van der Waals surface area contributed by atoms with E-state index in [-0.39, 0.29) is 5.97 Å². The van der Waals surface area contributed by atoms with Crippen molar-refractivity contribution in [1.29, 1.82) is 0 Å². The first-order valence-electron chi connectivity index (χ1n) is 16.5. The van der Waals surface area contributed by atoms with E-state index in [2.05, 4.69) is 13.8 Å². The summed E-state index contributed by atoms with van der Waals surface area (Å²) in [6.45, 7) is 5.03. The zero-order valence-corrected chi connectivity index (χ0v) is 25.0. The van der Waals surface area contributed by atoms with Gasteiger partial charge < -0.3 is 9.84 Å². The van der Waals surface area contributed by atoms with E-state index < -0.39 is 5.97 Å². The molecular formula is C33H64O4. The molecule has 0 bridgehead atoms. The zero-order valence-electron chi connectivity index (χ0n) is 25.0. The summed E-state index contributed by atoms with van der Waals surface area (Å²) >= 11 is 0. The molecule has 4 heteroatoms. The number of carbonyl (C=O) groups is 2. The van der Waals surface area contributed by atoms with Crippen molar-refractivity contribution in [1.82, 2.24) is 0 Å². The molecule has 0 amide bonds. The summed E-state index contributed by atoms with van der Waals surface area (Å²) in [4.78, 5) is 22.4. The van der Waals surface area contributed by atoms with Gasteiger partial charge in [0.2, 0.25) is 0 Å². The summed E-state index contributed by atoms with van der Waals surface area (Å²) in [5.41, 5.74) is 0. The van der Waals surface area contributed by atoms with E-state index in [4.69, 9.17) is 9.84 Å². The molecule has 0 aliphatic carbocycles. The van der Waals surface area contributed by atoms with Crippen LogP contribution in [0.3, 0.4) is 0 Å². The first kappa shape index (κ1) is 35.9. The summed E-state index contributed by atoms with van der Waals surface area (Å²) < 4.78 is 5.49. The number of hydrogen-bond donors (Lipinski definition) is 1. The maximum absolute atomic E-state index is 11.9. The Hall–Kier alpha value is -1.06. The lowest BCUT2D eigenvalue weighted by molar-refractivity contribution is -0.145. The van der Waals surface area contributed by atoms with Gasteiger partial charge in [-0.05, 0) is 25.2 Å². The van der Waals surface area contributed by atoms with Crippen molar-refractivity contribution in [3.63, 3.8) is 0 Å². The smallest absolute Gasteiger partial charge is 0.305 e. The Bertz CT molecular complexity index is 491. The minimum Gasteiger partial charge on any atom is -0.481 e. The lowest BCUT2D eigenvalue weighted by atomic mass is 10.0. The van der Waals surface area contributed by atoms with Crippen LogP contribution in [-0.4, -0.2) is 23.7 Å². The predicted molar refractivity (Wildman–Crippen MR) is 158 cm³/mol. The minimum absolute atomic E-state index is 0.00764. The normalized spacial score (nSPS) is 12.1. The van der Waals surface area contributed by atoms with Crippen LogP contribution in [0.15, 0.2) is 0 Å². The topological polar surface area (TPSA) is 63.6 Å². The fourth-order valence-corrected chi connectivity index (χ4v) is 5.09. The summed E-state index contributed by atoms with van der Waals surface area (Å²) in [7, 11) is 0. The Morgan fingerprint density at radius 2 is 0.892 bits per heavy atom. The van der Waals surface area contributed by atoms with Crippen molar-refractivity contribution in [2.45, 2.75) is 187 Å². The van der Waals surface area contributed by atoms with Crippen molar-refractivity contribution >= 4 is 11.9 Å². The molecule has 0 radical (unpaired) electrons. The molecule has 0 aromatic rings. The third kappa shape index (κ3) is 29.4. The molecule has 0 saturated heterocycles. The highest BCUT2D eigenvalue weighted by Crippen LogP contribution is 2.16. The summed E-state index contributed by atoms with van der Waals surface area (Å²) in [6.07, 6.45) is 32.7. The third-order valence-corrected chi connectivity index (χ3v) is 7.79. The Balaban J connectivity index is 3.20. The maximum Gasteiger partial charge on any atom is 0.305 e. The van der Waals surface area contributed by atoms with E-state index in [0.29, 0.717) is 25.4 Å². The van der Waals surface area contributed by atoms with Crippen molar-refractivity contribution in [2.24, 2.45) is 5.92 Å². The maximum atomic E-state index is 11.9. The van der Waals surface area contributed by atoms with Crippen LogP contribution in [0.5, 0.6) is 0 Å². The Morgan fingerprint density at radius 1 is 0.541 bits per heavy atom. The van der Waals surface area contributed by atoms with E-state index in [1.807, 2.05) is 0 Å². The predicted octanol–water partition coefficient (Wildman–Crippen LogP) is 10.8. The van der Waals surface area contributed by atoms with Crippen LogP contribution in [-0.2, 0) is 14.3 Å². The van der Waals surface area contributed by atoms with Gasteiger partial charge in [0.05, 0.1) is 6.61 Å². The molecule has 0 rings (SSSR count). The highest BCUT2D eigenvalue weighted by atomic mass is 16.5. The van der Waals surface area contributed by atoms with Crippen molar-refractivity contribution < 1.29 is 19.4 Å². The number of ether oxygens (including phenoxy) is 1. The molecule has 37 heavy (non-hydrogen) atoms. The van der Waals surface area contributed by atoms with Gasteiger partial charge >= 0.3 is 11.9 Å². The summed E-state index contributed by atoms with van der Waals surface area (Å²) in [5.74, 6) is -0.105. The number of carbonyl (C=O) groups excluding carboxylic acids is 1. The number of rotatable bonds is 30. The molecule has 0 aromatic heterocycles. The van der Waals surface area contributed by atoms with Crippen LogP contribution in [0.1, 0.15) is 187 Å². The first-order valence-corrected chi connectivity index (χ1v) is 16.5. The molecule has 0 saturated carbocycles. The molecule has 0 fully saturated rings. The van der Waals surface area contributed by atoms with Crippen molar-refractivity contribution in [3.05, 3.63) is 0 Å². The van der Waals surface area contributed by atoms with Gasteiger partial charge in [-0.1, -0.05) is 155 Å². The molecule has 220 valence electrons. The zero-order chi connectivity index (χ0) is 27.2. The van der Waals surface area contributed by atoms with Gasteiger partial charge in [-0.25, -0.2) is 0 Å². The standard InChI is InChI=1S/C33H64O4/c1-3-5-27-31(4-2)30-37-33(36)29-26-24-22-20-18-16-14-12-10-8-6-7-9-11-13-15-17-19-21-23-25-28-32(34)35/h31H,3-30H2,1-2H3,(H,34,35). The average molecular weight is 525 g/mol. The third-order valence-electron chi connectivity index (χ3n) is 7.79. The first-order chi connectivity index (χ1) is 18.1. The van der Waals surface area contributed by atoms with Gasteiger partial charge in [-0.15, -0.1) is 0 Å². The fraction of sp³-hybridized carbons (Fsp3) is 0.939. The quantitative estimate of drug-likeness (QED) is 0.0749. The molecular weight excluding hydrogens is 460 g/mol. The van der Waals surface area contributed by atoms with Gasteiger partial charge in [0.15, 0.2) is 0 Å². The van der Waals surface area contributed by atoms with Gasteiger partial charge in [-0.2, -0.15) is 0 Å². The van der Waals surface area contributed by atoms with Crippen LogP contribution in [0.2, 0.25) is 0 Å². The Labute approximate surface area is 231 Å². The molecule has 1 atom stereocenters. The van der Waals surface area contributed by atoms with Crippen LogP contribution in [0.25, 0.3) is 0 Å². The van der Waals surface area contributed by atoms with Gasteiger partial charge in [0.25, 0.3) is 0 Å². The van der Waals surface area contributed by atoms with Crippen LogP contribution < -0.4 is 0 Å². The molecule has 0 heterocycles. The lowest BCUT2D eigenvalue weighted by Gasteiger charge is -2.14. The second kappa shape index (κ2) is 29.5. The Morgan fingerprint density at radius 3 is 1.22 bits per heavy atom. The molecule has 0 aliphatic rings. The van der Waals surface area contributed by atoms with Crippen LogP contribution in [0, 0.1) is 5.92 Å². The number of unbranched alkanes of at least 4 members (excludes halogenated alkanes) is 21. The number of carboxylic acids is 1. The van der Waals surface area contributed by atoms with Gasteiger partial charge in [0.1, 0.15) is 0 Å². The van der Waals surface area contributed by atoms with Crippen molar-refractivity contribution in [3.8, 4) is 0 Å². The molecule has 4 nitrogen and oxygen atoms in total. The lowest BCUT2D eigenvalue weighted by Crippen LogP contribution is -2.13. The van der Waals surface area contributed by atoms with Gasteiger partial charge in [-0.3, -0.25) is 9.59 Å². The fourth-order valence-electron chi connectivity index (χ4n) is 5.09. The van der Waals surface area contributed by atoms with Crippen LogP contribution >= 0.6 is 0 Å². The number of aliphatic carboxylic acids is 1. The largest absolute Gasteiger partial charge is 0.481 e.